The van der Waals surface area contributed by atoms with E-state index in [0.29, 0.717) is 11.7 Å². The Hall–Kier alpha value is -2.39. The summed E-state index contributed by atoms with van der Waals surface area (Å²) in [5.74, 6) is 0.985. The van der Waals surface area contributed by atoms with Gasteiger partial charge in [0.15, 0.2) is 5.60 Å². The number of aromatic amines is 1. The smallest absolute Gasteiger partial charge is 0.172 e. The van der Waals surface area contributed by atoms with Crippen LogP contribution in [0.1, 0.15) is 42.3 Å². The quantitative estimate of drug-likeness (QED) is 0.768. The number of nitrogens with zero attached hydrogens (tertiary/aromatic N) is 1. The van der Waals surface area contributed by atoms with E-state index < -0.39 is 5.60 Å². The van der Waals surface area contributed by atoms with E-state index >= 15 is 0 Å². The Morgan fingerprint density at radius 1 is 0.955 bits per heavy atom. The number of nitrogens with one attached hydrogen (secondary N) is 1. The number of hydrogen-bond donors (Lipinski definition) is 2. The predicted octanol–water partition coefficient (Wildman–Crippen LogP) is 3.82. The van der Waals surface area contributed by atoms with Gasteiger partial charge in [-0.15, -0.1) is 0 Å². The number of aromatic nitrogens is 2. The molecular weight excluding hydrogens is 272 g/mol. The van der Waals surface area contributed by atoms with Gasteiger partial charge in [0.2, 0.25) is 0 Å². The molecule has 112 valence electrons. The minimum Gasteiger partial charge on any atom is -0.373 e. The van der Waals surface area contributed by atoms with Crippen molar-refractivity contribution in [3.05, 3.63) is 89.5 Å². The van der Waals surface area contributed by atoms with Crippen LogP contribution in [0, 0.1) is 0 Å². The third kappa shape index (κ3) is 2.44. The molecule has 0 amide bonds. The van der Waals surface area contributed by atoms with Gasteiger partial charge in [-0.2, -0.15) is 0 Å². The van der Waals surface area contributed by atoms with Crippen molar-refractivity contribution in [2.24, 2.45) is 0 Å². The van der Waals surface area contributed by atoms with Gasteiger partial charge in [-0.05, 0) is 22.6 Å². The standard InChI is InChI=1S/C19H20N2O/c1-14(2)15-8-10-17(11-9-15)19(22,18-20-12-13-21-18)16-6-4-3-5-7-16/h3-14,22H,1-2H3,(H,20,21). The van der Waals surface area contributed by atoms with Crippen molar-refractivity contribution in [1.29, 1.82) is 0 Å². The van der Waals surface area contributed by atoms with Crippen LogP contribution in [0.2, 0.25) is 0 Å². The molecule has 0 aliphatic rings. The van der Waals surface area contributed by atoms with Crippen LogP contribution in [0.25, 0.3) is 0 Å². The number of imidazole rings is 1. The highest BCUT2D eigenvalue weighted by Crippen LogP contribution is 2.35. The summed E-state index contributed by atoms with van der Waals surface area (Å²) in [6.45, 7) is 4.32. The lowest BCUT2D eigenvalue weighted by Gasteiger charge is -2.27. The summed E-state index contributed by atoms with van der Waals surface area (Å²) < 4.78 is 0. The number of hydrogen-bond acceptors (Lipinski definition) is 2. The van der Waals surface area contributed by atoms with Gasteiger partial charge >= 0.3 is 0 Å². The fourth-order valence-electron chi connectivity index (χ4n) is 2.69. The SMILES string of the molecule is CC(C)c1ccc(C(O)(c2ccccc2)c2ncc[nH]2)cc1. The first-order chi connectivity index (χ1) is 10.6. The van der Waals surface area contributed by atoms with Crippen LogP contribution in [0.5, 0.6) is 0 Å². The zero-order valence-electron chi connectivity index (χ0n) is 12.8. The molecule has 0 saturated heterocycles. The maximum absolute atomic E-state index is 11.4. The fraction of sp³-hybridized carbons (Fsp3) is 0.211. The van der Waals surface area contributed by atoms with Crippen LogP contribution in [0.15, 0.2) is 67.0 Å². The lowest BCUT2D eigenvalue weighted by molar-refractivity contribution is 0.116. The molecule has 3 heteroatoms. The fourth-order valence-corrected chi connectivity index (χ4v) is 2.69. The number of rotatable bonds is 4. The van der Waals surface area contributed by atoms with Crippen molar-refractivity contribution in [2.45, 2.75) is 25.4 Å². The van der Waals surface area contributed by atoms with Gasteiger partial charge in [0.05, 0.1) is 0 Å². The molecule has 0 saturated carbocycles. The Labute approximate surface area is 130 Å². The van der Waals surface area contributed by atoms with Gasteiger partial charge < -0.3 is 10.1 Å². The second-order valence-electron chi connectivity index (χ2n) is 5.79. The topological polar surface area (TPSA) is 48.9 Å². The number of aliphatic hydroxyl groups is 1. The summed E-state index contributed by atoms with van der Waals surface area (Å²) in [5, 5.41) is 11.4. The molecule has 1 atom stereocenters. The Bertz CT molecular complexity index is 718. The Morgan fingerprint density at radius 2 is 1.59 bits per heavy atom. The Kier molecular flexibility index (Phi) is 3.82. The molecule has 1 heterocycles. The van der Waals surface area contributed by atoms with Gasteiger partial charge in [0, 0.05) is 12.4 Å². The first-order valence-electron chi connectivity index (χ1n) is 7.50. The van der Waals surface area contributed by atoms with Crippen LogP contribution >= 0.6 is 0 Å². The Morgan fingerprint density at radius 3 is 2.14 bits per heavy atom. The van der Waals surface area contributed by atoms with Crippen LogP contribution in [0.4, 0.5) is 0 Å². The van der Waals surface area contributed by atoms with Crippen LogP contribution in [0.3, 0.4) is 0 Å². The molecule has 1 aromatic heterocycles. The molecule has 0 aliphatic carbocycles. The Balaban J connectivity index is 2.14. The van der Waals surface area contributed by atoms with Gasteiger partial charge in [-0.3, -0.25) is 0 Å². The lowest BCUT2D eigenvalue weighted by atomic mass is 9.84. The summed E-state index contributed by atoms with van der Waals surface area (Å²) in [7, 11) is 0. The van der Waals surface area contributed by atoms with Crippen molar-refractivity contribution in [1.82, 2.24) is 9.97 Å². The molecule has 3 nitrogen and oxygen atoms in total. The van der Waals surface area contributed by atoms with E-state index in [9.17, 15) is 5.11 Å². The van der Waals surface area contributed by atoms with Crippen molar-refractivity contribution >= 4 is 0 Å². The molecule has 22 heavy (non-hydrogen) atoms. The molecule has 3 aromatic rings. The maximum Gasteiger partial charge on any atom is 0.172 e. The zero-order chi connectivity index (χ0) is 15.6. The largest absolute Gasteiger partial charge is 0.373 e. The first-order valence-corrected chi connectivity index (χ1v) is 7.50. The molecule has 2 N–H and O–H groups in total. The third-order valence-corrected chi connectivity index (χ3v) is 4.03. The maximum atomic E-state index is 11.4. The van der Waals surface area contributed by atoms with Crippen molar-refractivity contribution in [3.63, 3.8) is 0 Å². The van der Waals surface area contributed by atoms with Gasteiger partial charge in [0.1, 0.15) is 5.82 Å². The summed E-state index contributed by atoms with van der Waals surface area (Å²) in [6.07, 6.45) is 3.39. The summed E-state index contributed by atoms with van der Waals surface area (Å²) >= 11 is 0. The number of H-pyrrole nitrogens is 1. The van der Waals surface area contributed by atoms with E-state index in [-0.39, 0.29) is 0 Å². The van der Waals surface area contributed by atoms with Gasteiger partial charge in [-0.1, -0.05) is 68.4 Å². The van der Waals surface area contributed by atoms with Gasteiger partial charge in [-0.25, -0.2) is 4.98 Å². The van der Waals surface area contributed by atoms with Crippen LogP contribution < -0.4 is 0 Å². The van der Waals surface area contributed by atoms with E-state index in [2.05, 4.69) is 35.9 Å². The van der Waals surface area contributed by atoms with Crippen LogP contribution in [-0.4, -0.2) is 15.1 Å². The highest BCUT2D eigenvalue weighted by Gasteiger charge is 2.36. The molecular formula is C19H20N2O. The molecule has 0 fully saturated rings. The molecule has 3 rings (SSSR count). The minimum absolute atomic E-state index is 0.461. The highest BCUT2D eigenvalue weighted by molar-refractivity contribution is 5.43. The molecule has 0 bridgehead atoms. The second kappa shape index (κ2) is 5.78. The lowest BCUT2D eigenvalue weighted by Crippen LogP contribution is -2.30. The molecule has 2 aromatic carbocycles. The van der Waals surface area contributed by atoms with Crippen molar-refractivity contribution < 1.29 is 5.11 Å². The van der Waals surface area contributed by atoms with E-state index in [0.717, 1.165) is 11.1 Å². The zero-order valence-corrected chi connectivity index (χ0v) is 12.8. The van der Waals surface area contributed by atoms with E-state index in [1.165, 1.54) is 5.56 Å². The summed E-state index contributed by atoms with van der Waals surface area (Å²) in [6, 6.07) is 17.7. The average molecular weight is 292 g/mol. The van der Waals surface area contributed by atoms with Crippen LogP contribution in [-0.2, 0) is 5.60 Å². The number of benzene rings is 2. The van der Waals surface area contributed by atoms with E-state index in [4.69, 9.17) is 0 Å². The van der Waals surface area contributed by atoms with Crippen molar-refractivity contribution in [3.8, 4) is 0 Å². The van der Waals surface area contributed by atoms with E-state index in [1.807, 2.05) is 42.5 Å². The molecule has 0 radical (unpaired) electrons. The summed E-state index contributed by atoms with van der Waals surface area (Å²) in [4.78, 5) is 7.34. The summed E-state index contributed by atoms with van der Waals surface area (Å²) in [5.41, 5.74) is 1.57. The van der Waals surface area contributed by atoms with Gasteiger partial charge in [0.25, 0.3) is 0 Å². The second-order valence-corrected chi connectivity index (χ2v) is 5.79. The molecule has 0 spiro atoms. The highest BCUT2D eigenvalue weighted by atomic mass is 16.3. The third-order valence-electron chi connectivity index (χ3n) is 4.03. The van der Waals surface area contributed by atoms with E-state index in [1.54, 1.807) is 12.4 Å². The normalized spacial score (nSPS) is 14.0. The average Bonchev–Trinajstić information content (AvgIpc) is 3.10. The first kappa shape index (κ1) is 14.5. The predicted molar refractivity (Wildman–Crippen MR) is 87.7 cm³/mol. The monoisotopic (exact) mass is 292 g/mol. The minimum atomic E-state index is -1.28. The van der Waals surface area contributed by atoms with Crippen molar-refractivity contribution in [2.75, 3.05) is 0 Å². The molecule has 0 aliphatic heterocycles. The molecule has 1 unspecified atom stereocenters.